The largest absolute Gasteiger partial charge is 0.355 e. The van der Waals surface area contributed by atoms with Crippen LogP contribution < -0.4 is 5.32 Å². The Kier molecular flexibility index (Phi) is 2.43. The number of thioether (sulfide) groups is 1. The molecule has 1 N–H and O–H groups in total. The number of carbonyl (C=O) groups excluding carboxylic acids is 1. The van der Waals surface area contributed by atoms with Gasteiger partial charge in [-0.3, -0.25) is 4.79 Å². The Morgan fingerprint density at radius 3 is 2.42 bits per heavy atom. The topological polar surface area (TPSA) is 29.1 Å². The predicted molar refractivity (Wildman–Crippen MR) is 53.4 cm³/mol. The normalized spacial score (nSPS) is 27.5. The zero-order chi connectivity index (χ0) is 9.41. The number of carbonyl (C=O) groups is 1. The minimum Gasteiger partial charge on any atom is -0.355 e. The first-order valence-corrected chi connectivity index (χ1v) is 5.09. The van der Waals surface area contributed by atoms with Crippen LogP contribution in [0.1, 0.15) is 34.1 Å². The molecule has 1 saturated heterocycles. The number of rotatable bonds is 0. The third-order valence-corrected chi connectivity index (χ3v) is 3.24. The molecule has 1 aliphatic heterocycles. The summed E-state index contributed by atoms with van der Waals surface area (Å²) in [6.45, 7) is 9.38. The third-order valence-electron chi connectivity index (χ3n) is 1.85. The first kappa shape index (κ1) is 9.90. The Morgan fingerprint density at radius 1 is 1.25 bits per heavy atom. The van der Waals surface area contributed by atoms with Gasteiger partial charge in [-0.25, -0.2) is 0 Å². The Morgan fingerprint density at radius 2 is 1.83 bits per heavy atom. The van der Waals surface area contributed by atoms with Gasteiger partial charge in [-0.15, -0.1) is 11.8 Å². The van der Waals surface area contributed by atoms with Crippen LogP contribution in [-0.2, 0) is 4.79 Å². The maximum absolute atomic E-state index is 11.3. The SMILES string of the molecule is CC1(C)CNC(=O)CC(C)(C)S1. The zero-order valence-corrected chi connectivity index (χ0v) is 9.05. The molecule has 0 bridgehead atoms. The monoisotopic (exact) mass is 187 g/mol. The minimum atomic E-state index is 0.0735. The molecule has 0 spiro atoms. The summed E-state index contributed by atoms with van der Waals surface area (Å²) in [5.74, 6) is 0.179. The number of hydrogen-bond donors (Lipinski definition) is 1. The standard InChI is InChI=1S/C9H17NOS/c1-8(2)5-7(11)10-6-9(3,4)12-8/h5-6H2,1-4H3,(H,10,11). The fourth-order valence-corrected chi connectivity index (χ4v) is 3.42. The lowest BCUT2D eigenvalue weighted by molar-refractivity contribution is -0.121. The van der Waals surface area contributed by atoms with Gasteiger partial charge in [0.25, 0.3) is 0 Å². The fraction of sp³-hybridized carbons (Fsp3) is 0.889. The highest BCUT2D eigenvalue weighted by atomic mass is 32.2. The Bertz CT molecular complexity index is 199. The van der Waals surface area contributed by atoms with Crippen molar-refractivity contribution in [2.75, 3.05) is 6.54 Å². The van der Waals surface area contributed by atoms with Crippen LogP contribution in [0, 0.1) is 0 Å². The van der Waals surface area contributed by atoms with Gasteiger partial charge < -0.3 is 5.32 Å². The molecule has 1 heterocycles. The van der Waals surface area contributed by atoms with E-state index >= 15 is 0 Å². The Hall–Kier alpha value is -0.180. The Labute approximate surface area is 78.5 Å². The van der Waals surface area contributed by atoms with E-state index in [1.807, 2.05) is 11.8 Å². The van der Waals surface area contributed by atoms with Crippen LogP contribution in [-0.4, -0.2) is 21.9 Å². The molecular weight excluding hydrogens is 170 g/mol. The summed E-state index contributed by atoms with van der Waals surface area (Å²) in [6, 6.07) is 0. The van der Waals surface area contributed by atoms with Gasteiger partial charge in [0, 0.05) is 22.5 Å². The molecule has 1 fully saturated rings. The van der Waals surface area contributed by atoms with Gasteiger partial charge >= 0.3 is 0 Å². The smallest absolute Gasteiger partial charge is 0.221 e. The van der Waals surface area contributed by atoms with Crippen LogP contribution >= 0.6 is 11.8 Å². The van der Waals surface area contributed by atoms with Crippen molar-refractivity contribution < 1.29 is 4.79 Å². The summed E-state index contributed by atoms with van der Waals surface area (Å²) in [4.78, 5) is 11.3. The molecule has 0 radical (unpaired) electrons. The lowest BCUT2D eigenvalue weighted by Crippen LogP contribution is -2.33. The molecule has 70 valence electrons. The summed E-state index contributed by atoms with van der Waals surface area (Å²) in [5, 5.41) is 2.93. The van der Waals surface area contributed by atoms with E-state index in [0.717, 1.165) is 6.54 Å². The van der Waals surface area contributed by atoms with Crippen LogP contribution in [0.25, 0.3) is 0 Å². The predicted octanol–water partition coefficient (Wildman–Crippen LogP) is 1.80. The van der Waals surface area contributed by atoms with Crippen molar-refractivity contribution >= 4 is 17.7 Å². The first-order chi connectivity index (χ1) is 5.31. The zero-order valence-electron chi connectivity index (χ0n) is 8.23. The van der Waals surface area contributed by atoms with Gasteiger partial charge in [0.05, 0.1) is 0 Å². The summed E-state index contributed by atoms with van der Waals surface area (Å²) in [7, 11) is 0. The van der Waals surface area contributed by atoms with E-state index in [1.165, 1.54) is 0 Å². The van der Waals surface area contributed by atoms with Crippen LogP contribution in [0.2, 0.25) is 0 Å². The van der Waals surface area contributed by atoms with Crippen LogP contribution in [0.15, 0.2) is 0 Å². The molecule has 2 nitrogen and oxygen atoms in total. The maximum atomic E-state index is 11.3. The molecule has 0 aromatic carbocycles. The lowest BCUT2D eigenvalue weighted by Gasteiger charge is -2.29. The van der Waals surface area contributed by atoms with E-state index in [9.17, 15) is 4.79 Å². The number of amides is 1. The van der Waals surface area contributed by atoms with E-state index in [0.29, 0.717) is 6.42 Å². The van der Waals surface area contributed by atoms with Crippen LogP contribution in [0.4, 0.5) is 0 Å². The Balaban J connectivity index is 2.76. The van der Waals surface area contributed by atoms with E-state index < -0.39 is 0 Å². The average Bonchev–Trinajstić information content (AvgIpc) is 1.86. The molecule has 1 aliphatic rings. The van der Waals surface area contributed by atoms with Gasteiger partial charge in [-0.2, -0.15) is 0 Å². The van der Waals surface area contributed by atoms with E-state index in [2.05, 4.69) is 33.0 Å². The first-order valence-electron chi connectivity index (χ1n) is 4.28. The van der Waals surface area contributed by atoms with Crippen molar-refractivity contribution in [3.63, 3.8) is 0 Å². The molecule has 3 heteroatoms. The van der Waals surface area contributed by atoms with Gasteiger partial charge in [-0.1, -0.05) is 13.8 Å². The van der Waals surface area contributed by atoms with Crippen LogP contribution in [0.3, 0.4) is 0 Å². The highest BCUT2D eigenvalue weighted by Crippen LogP contribution is 2.39. The molecule has 12 heavy (non-hydrogen) atoms. The van der Waals surface area contributed by atoms with Gasteiger partial charge in [0.15, 0.2) is 0 Å². The molecule has 0 aromatic rings. The molecular formula is C9H17NOS. The summed E-state index contributed by atoms with van der Waals surface area (Å²) < 4.78 is 0.236. The minimum absolute atomic E-state index is 0.0735. The molecule has 0 aromatic heterocycles. The molecule has 1 rings (SSSR count). The van der Waals surface area contributed by atoms with E-state index in [1.54, 1.807) is 0 Å². The lowest BCUT2D eigenvalue weighted by atomic mass is 10.1. The highest BCUT2D eigenvalue weighted by Gasteiger charge is 2.34. The van der Waals surface area contributed by atoms with E-state index in [4.69, 9.17) is 0 Å². The van der Waals surface area contributed by atoms with Crippen molar-refractivity contribution in [3.8, 4) is 0 Å². The number of nitrogens with one attached hydrogen (secondary N) is 1. The highest BCUT2D eigenvalue weighted by molar-refractivity contribution is 8.02. The van der Waals surface area contributed by atoms with Crippen molar-refractivity contribution in [3.05, 3.63) is 0 Å². The quantitative estimate of drug-likeness (QED) is 0.626. The van der Waals surface area contributed by atoms with Gasteiger partial charge in [0.2, 0.25) is 5.91 Å². The van der Waals surface area contributed by atoms with Gasteiger partial charge in [0.1, 0.15) is 0 Å². The average molecular weight is 187 g/mol. The second kappa shape index (κ2) is 2.95. The van der Waals surface area contributed by atoms with Crippen molar-refractivity contribution in [1.29, 1.82) is 0 Å². The molecule has 0 atom stereocenters. The van der Waals surface area contributed by atoms with E-state index in [-0.39, 0.29) is 15.4 Å². The summed E-state index contributed by atoms with van der Waals surface area (Å²) in [6.07, 6.45) is 0.626. The summed E-state index contributed by atoms with van der Waals surface area (Å²) >= 11 is 1.89. The molecule has 0 saturated carbocycles. The van der Waals surface area contributed by atoms with Gasteiger partial charge in [-0.05, 0) is 13.8 Å². The van der Waals surface area contributed by atoms with Crippen molar-refractivity contribution in [2.24, 2.45) is 0 Å². The molecule has 0 aliphatic carbocycles. The number of hydrogen-bond acceptors (Lipinski definition) is 2. The van der Waals surface area contributed by atoms with Crippen molar-refractivity contribution in [2.45, 2.75) is 43.6 Å². The second-order valence-corrected chi connectivity index (χ2v) is 6.99. The maximum Gasteiger partial charge on any atom is 0.221 e. The van der Waals surface area contributed by atoms with Crippen molar-refractivity contribution in [1.82, 2.24) is 5.32 Å². The molecule has 0 unspecified atom stereocenters. The molecule has 1 amide bonds. The van der Waals surface area contributed by atoms with Crippen LogP contribution in [0.5, 0.6) is 0 Å². The second-order valence-electron chi connectivity index (χ2n) is 4.57. The third kappa shape index (κ3) is 2.70. The fourth-order valence-electron chi connectivity index (χ4n) is 1.58. The summed E-state index contributed by atoms with van der Waals surface area (Å²) in [5.41, 5.74) is 0.